The van der Waals surface area contributed by atoms with Crippen LogP contribution in [0.2, 0.25) is 0 Å². The zero-order valence-corrected chi connectivity index (χ0v) is 35.2. The summed E-state index contributed by atoms with van der Waals surface area (Å²) in [4.78, 5) is 21.5. The van der Waals surface area contributed by atoms with E-state index >= 15 is 0 Å². The number of hydrogen-bond acceptors (Lipinski definition) is 8. The molecule has 0 spiro atoms. The summed E-state index contributed by atoms with van der Waals surface area (Å²) >= 11 is 0. The molecule has 4 aliphatic carbocycles. The molecule has 0 radical (unpaired) electrons. The minimum Gasteiger partial charge on any atom is -0.550 e. The summed E-state index contributed by atoms with van der Waals surface area (Å²) in [6.07, 6.45) is 19.4. The second-order valence-corrected chi connectivity index (χ2v) is 18.3. The van der Waals surface area contributed by atoms with Gasteiger partial charge in [0.2, 0.25) is 20.0 Å². The van der Waals surface area contributed by atoms with Crippen molar-refractivity contribution in [2.24, 2.45) is 35.5 Å². The molecule has 15 heteroatoms. The van der Waals surface area contributed by atoms with Gasteiger partial charge in [-0.25, -0.2) is 26.3 Å². The fourth-order valence-corrected chi connectivity index (χ4v) is 11.8. The van der Waals surface area contributed by atoms with E-state index in [-0.39, 0.29) is 73.6 Å². The van der Waals surface area contributed by atoms with E-state index in [2.05, 4.69) is 21.6 Å². The molecule has 0 saturated heterocycles. The molecule has 0 aliphatic heterocycles. The first-order valence-electron chi connectivity index (χ1n) is 18.8. The van der Waals surface area contributed by atoms with E-state index in [9.17, 15) is 36.6 Å². The first kappa shape index (κ1) is 49.0. The van der Waals surface area contributed by atoms with E-state index < -0.39 is 32.0 Å². The van der Waals surface area contributed by atoms with Crippen LogP contribution < -0.4 is 19.7 Å². The summed E-state index contributed by atoms with van der Waals surface area (Å²) in [6, 6.07) is 17.1. The molecular weight excluding hydrogens is 773 g/mol. The molecule has 4 saturated carbocycles. The number of unbranched alkanes of at least 4 members (excludes halogenated alkanes) is 2. The molecule has 6 rings (SSSR count). The zero-order chi connectivity index (χ0) is 37.1. The summed E-state index contributed by atoms with van der Waals surface area (Å²) < 4.78 is 56.7. The first-order chi connectivity index (χ1) is 24.9. The van der Waals surface area contributed by atoms with Gasteiger partial charge < -0.3 is 30.8 Å². The molecule has 8 atom stereocenters. The van der Waals surface area contributed by atoms with E-state index in [4.69, 9.17) is 0 Å². The third-order valence-corrected chi connectivity index (χ3v) is 14.5. The molecule has 2 aromatic carbocycles. The van der Waals surface area contributed by atoms with Crippen LogP contribution in [-0.2, 0) is 29.6 Å². The topological polar surface area (TPSA) is 236 Å². The van der Waals surface area contributed by atoms with Crippen LogP contribution in [0, 0.1) is 35.5 Å². The standard InChI is InChI=1S/2C20H27NO4S.Ca.2H2O/c2*22-19(23)11-7-2-1-6-10-18-15-12-13-16(14-15)20(18)21-26(24,25)17-8-4-3-5-9-17;;;/h2*1,3-6,8-9,15-16,18,20-21H,2,7,10-14H2,(H,22,23);;2*1H2/q;;+2;;/p-2/b2*6-1-;;;/t2*15-,16+,18+,20+;;;/m11.../s1. The Balaban J connectivity index is 0.000000360. The van der Waals surface area contributed by atoms with Crippen molar-refractivity contribution < 1.29 is 47.6 Å². The van der Waals surface area contributed by atoms with Gasteiger partial charge in [0.15, 0.2) is 0 Å². The van der Waals surface area contributed by atoms with Gasteiger partial charge in [-0.2, -0.15) is 0 Å². The van der Waals surface area contributed by atoms with Gasteiger partial charge in [-0.05, 0) is 150 Å². The maximum absolute atomic E-state index is 12.7. The molecule has 0 amide bonds. The summed E-state index contributed by atoms with van der Waals surface area (Å²) in [5.74, 6) is 0.635. The molecule has 300 valence electrons. The van der Waals surface area contributed by atoms with Gasteiger partial charge in [-0.15, -0.1) is 0 Å². The number of carboxylic acid groups (broad SMARTS) is 2. The monoisotopic (exact) mass is 828 g/mol. The normalized spacial score (nSPS) is 26.5. The quantitative estimate of drug-likeness (QED) is 0.128. The number of allylic oxidation sites excluding steroid dienone is 4. The van der Waals surface area contributed by atoms with Crippen molar-refractivity contribution in [3.8, 4) is 0 Å². The summed E-state index contributed by atoms with van der Waals surface area (Å²) in [5.41, 5.74) is 0. The van der Waals surface area contributed by atoms with Gasteiger partial charge in [0.05, 0.1) is 9.79 Å². The van der Waals surface area contributed by atoms with Gasteiger partial charge in [0, 0.05) is 24.0 Å². The number of rotatable bonds is 18. The summed E-state index contributed by atoms with van der Waals surface area (Å²) in [7, 11) is -6.99. The van der Waals surface area contributed by atoms with Crippen molar-refractivity contribution in [2.75, 3.05) is 0 Å². The summed E-state index contributed by atoms with van der Waals surface area (Å²) in [5, 5.41) is 20.8. The fourth-order valence-electron chi connectivity index (χ4n) is 9.03. The van der Waals surface area contributed by atoms with E-state index in [1.807, 2.05) is 24.3 Å². The predicted octanol–water partition coefficient (Wildman–Crippen LogP) is 2.46. The Bertz CT molecular complexity index is 1630. The number of carbonyl (C=O) groups excluding carboxylic acids is 2. The van der Waals surface area contributed by atoms with Crippen LogP contribution >= 0.6 is 0 Å². The fraction of sp³-hybridized carbons (Fsp3) is 0.550. The average molecular weight is 829 g/mol. The SMILES string of the molecule is O.O.O=C([O-])CCC/C=C\C[C@H]1[C@@H]2CC[C@@H](C2)[C@@H]1NS(=O)(=O)c1ccccc1.O=C([O-])CCC/C=C\C[C@H]1[C@@H]2CC[C@@H](C2)[C@@H]1NS(=O)(=O)c1ccccc1.[Ca+2]. The van der Waals surface area contributed by atoms with Gasteiger partial charge in [0.1, 0.15) is 0 Å². The Morgan fingerprint density at radius 2 is 0.927 bits per heavy atom. The Morgan fingerprint density at radius 3 is 1.27 bits per heavy atom. The zero-order valence-electron chi connectivity index (χ0n) is 31.4. The third kappa shape index (κ3) is 14.0. The Kier molecular flexibility index (Phi) is 20.8. The Hall–Kier alpha value is -2.14. The largest absolute Gasteiger partial charge is 2.00 e. The van der Waals surface area contributed by atoms with Crippen molar-refractivity contribution in [2.45, 2.75) is 112 Å². The number of aliphatic carboxylic acids is 2. The maximum Gasteiger partial charge on any atom is 2.00 e. The molecule has 0 aromatic heterocycles. The van der Waals surface area contributed by atoms with E-state index in [0.29, 0.717) is 58.1 Å². The average Bonchev–Trinajstić information content (AvgIpc) is 3.92. The van der Waals surface area contributed by atoms with E-state index in [1.54, 1.807) is 48.5 Å². The number of nitrogens with one attached hydrogen (secondary N) is 2. The molecule has 0 unspecified atom stereocenters. The van der Waals surface area contributed by atoms with Crippen LogP contribution in [0.5, 0.6) is 0 Å². The van der Waals surface area contributed by atoms with Crippen LogP contribution in [0.25, 0.3) is 0 Å². The molecule has 12 nitrogen and oxygen atoms in total. The predicted molar refractivity (Wildman–Crippen MR) is 208 cm³/mol. The minimum absolute atomic E-state index is 0. The van der Waals surface area contributed by atoms with Crippen molar-refractivity contribution in [1.82, 2.24) is 9.44 Å². The Labute approximate surface area is 356 Å². The third-order valence-electron chi connectivity index (χ3n) is 11.5. The second-order valence-electron chi connectivity index (χ2n) is 14.9. The van der Waals surface area contributed by atoms with Crippen molar-refractivity contribution in [1.29, 1.82) is 0 Å². The minimum atomic E-state index is -3.49. The van der Waals surface area contributed by atoms with Gasteiger partial charge in [-0.3, -0.25) is 0 Å². The molecule has 55 heavy (non-hydrogen) atoms. The molecule has 6 N–H and O–H groups in total. The maximum atomic E-state index is 12.7. The van der Waals surface area contributed by atoms with Gasteiger partial charge in [0.25, 0.3) is 0 Å². The summed E-state index contributed by atoms with van der Waals surface area (Å²) in [6.45, 7) is 0. The van der Waals surface area contributed by atoms with Gasteiger partial charge >= 0.3 is 37.7 Å². The Morgan fingerprint density at radius 1 is 0.582 bits per heavy atom. The second kappa shape index (κ2) is 23.3. The van der Waals surface area contributed by atoms with Gasteiger partial charge in [-0.1, -0.05) is 60.7 Å². The number of hydrogen-bond donors (Lipinski definition) is 2. The molecule has 4 bridgehead atoms. The smallest absolute Gasteiger partial charge is 0.550 e. The van der Waals surface area contributed by atoms with E-state index in [0.717, 1.165) is 51.4 Å². The number of carbonyl (C=O) groups is 2. The molecule has 2 aromatic rings. The number of benzene rings is 2. The van der Waals surface area contributed by atoms with E-state index in [1.165, 1.54) is 12.8 Å². The van der Waals surface area contributed by atoms with Crippen LogP contribution in [-0.4, -0.2) is 89.5 Å². The van der Waals surface area contributed by atoms with Crippen LogP contribution in [0.15, 0.2) is 94.8 Å². The number of fused-ring (bicyclic) bond motifs is 4. The van der Waals surface area contributed by atoms with Crippen LogP contribution in [0.4, 0.5) is 0 Å². The van der Waals surface area contributed by atoms with Crippen LogP contribution in [0.3, 0.4) is 0 Å². The number of carboxylic acids is 2. The van der Waals surface area contributed by atoms with Crippen molar-refractivity contribution in [3.05, 3.63) is 85.0 Å². The van der Waals surface area contributed by atoms with Crippen LogP contribution in [0.1, 0.15) is 89.9 Å². The first-order valence-corrected chi connectivity index (χ1v) is 21.8. The molecule has 4 aliphatic rings. The molecule has 0 heterocycles. The van der Waals surface area contributed by atoms with Crippen molar-refractivity contribution >= 4 is 69.7 Å². The number of sulfonamides is 2. The molecular formula is C40H56CaN2O10S2. The molecule has 4 fully saturated rings. The van der Waals surface area contributed by atoms with Crippen molar-refractivity contribution in [3.63, 3.8) is 0 Å².